The molecule has 48 heavy (non-hydrogen) atoms. The fraction of sp³-hybridized carbons (Fsp3) is 0. The molecule has 0 aliphatic heterocycles. The first-order valence-corrected chi connectivity index (χ1v) is 16.3. The Morgan fingerprint density at radius 2 is 0.792 bits per heavy atom. The summed E-state index contributed by atoms with van der Waals surface area (Å²) < 4.78 is 6.71. The van der Waals surface area contributed by atoms with Gasteiger partial charge in [-0.2, -0.15) is 0 Å². The summed E-state index contributed by atoms with van der Waals surface area (Å²) in [6.45, 7) is 0. The number of nitrogens with zero attached hydrogens (tertiary/aromatic N) is 1. The van der Waals surface area contributed by atoms with Crippen molar-refractivity contribution in [2.45, 2.75) is 0 Å². The van der Waals surface area contributed by atoms with Crippen molar-refractivity contribution in [1.29, 1.82) is 0 Å². The molecule has 0 amide bonds. The highest BCUT2D eigenvalue weighted by atomic mass is 16.3. The SMILES string of the molecule is c1ccc(-c2ccc(N(c3ccc(-c4ccccc4)cc3)c3cc(-c4ccccc4)c4c(c3)oc3cc5ccccc5cc34)cc2)cc1. The van der Waals surface area contributed by atoms with Crippen LogP contribution in [-0.2, 0) is 0 Å². The molecule has 2 nitrogen and oxygen atoms in total. The molecule has 0 saturated carbocycles. The van der Waals surface area contributed by atoms with Crippen molar-refractivity contribution in [3.05, 3.63) is 188 Å². The zero-order valence-corrected chi connectivity index (χ0v) is 26.3. The van der Waals surface area contributed by atoms with Crippen LogP contribution >= 0.6 is 0 Å². The van der Waals surface area contributed by atoms with E-state index in [0.717, 1.165) is 50.1 Å². The van der Waals surface area contributed by atoms with E-state index in [0.29, 0.717) is 0 Å². The van der Waals surface area contributed by atoms with Gasteiger partial charge in [0.15, 0.2) is 0 Å². The molecule has 1 heterocycles. The van der Waals surface area contributed by atoms with Crippen molar-refractivity contribution in [3.8, 4) is 33.4 Å². The van der Waals surface area contributed by atoms with Crippen LogP contribution in [0.4, 0.5) is 17.1 Å². The first-order chi connectivity index (χ1) is 23.8. The number of furan rings is 1. The monoisotopic (exact) mass is 613 g/mol. The van der Waals surface area contributed by atoms with E-state index >= 15 is 0 Å². The van der Waals surface area contributed by atoms with E-state index < -0.39 is 0 Å². The fourth-order valence-corrected chi connectivity index (χ4v) is 6.87. The van der Waals surface area contributed by atoms with E-state index in [4.69, 9.17) is 4.42 Å². The van der Waals surface area contributed by atoms with Gasteiger partial charge in [-0.15, -0.1) is 0 Å². The Bertz CT molecular complexity index is 2430. The maximum absolute atomic E-state index is 6.71. The summed E-state index contributed by atoms with van der Waals surface area (Å²) in [5.41, 5.74) is 12.0. The third-order valence-electron chi connectivity index (χ3n) is 9.23. The van der Waals surface area contributed by atoms with Crippen molar-refractivity contribution < 1.29 is 4.42 Å². The van der Waals surface area contributed by atoms with Crippen LogP contribution in [0.3, 0.4) is 0 Å². The minimum atomic E-state index is 0.864. The Hall–Kier alpha value is -6.38. The molecule has 0 aliphatic rings. The van der Waals surface area contributed by atoms with E-state index in [1.165, 1.54) is 33.0 Å². The van der Waals surface area contributed by atoms with Crippen LogP contribution in [0.25, 0.3) is 66.1 Å². The van der Waals surface area contributed by atoms with Gasteiger partial charge in [-0.1, -0.05) is 140 Å². The minimum absolute atomic E-state index is 0.864. The molecule has 0 fully saturated rings. The highest BCUT2D eigenvalue weighted by Crippen LogP contribution is 2.44. The third-order valence-corrected chi connectivity index (χ3v) is 9.23. The molecule has 9 aromatic rings. The molecule has 9 rings (SSSR count). The van der Waals surface area contributed by atoms with Gasteiger partial charge in [-0.05, 0) is 86.6 Å². The van der Waals surface area contributed by atoms with Crippen LogP contribution in [-0.4, -0.2) is 0 Å². The molecule has 2 heteroatoms. The van der Waals surface area contributed by atoms with Crippen molar-refractivity contribution in [2.75, 3.05) is 4.90 Å². The van der Waals surface area contributed by atoms with Gasteiger partial charge in [0, 0.05) is 28.2 Å². The summed E-state index contributed by atoms with van der Waals surface area (Å²) in [5.74, 6) is 0. The van der Waals surface area contributed by atoms with Crippen molar-refractivity contribution in [2.24, 2.45) is 0 Å². The van der Waals surface area contributed by atoms with Crippen LogP contribution in [0.1, 0.15) is 0 Å². The number of hydrogen-bond donors (Lipinski definition) is 0. The second-order valence-corrected chi connectivity index (χ2v) is 12.2. The molecule has 0 aliphatic carbocycles. The number of benzene rings is 8. The van der Waals surface area contributed by atoms with Crippen LogP contribution in [0.15, 0.2) is 192 Å². The molecule has 226 valence electrons. The molecular formula is C46H31NO. The first kappa shape index (κ1) is 27.9. The lowest BCUT2D eigenvalue weighted by Crippen LogP contribution is -2.10. The smallest absolute Gasteiger partial charge is 0.138 e. The van der Waals surface area contributed by atoms with Crippen LogP contribution in [0, 0.1) is 0 Å². The average molecular weight is 614 g/mol. The number of rotatable bonds is 6. The summed E-state index contributed by atoms with van der Waals surface area (Å²) in [6.07, 6.45) is 0. The largest absolute Gasteiger partial charge is 0.456 e. The molecular weight excluding hydrogens is 583 g/mol. The van der Waals surface area contributed by atoms with Crippen molar-refractivity contribution >= 4 is 49.8 Å². The van der Waals surface area contributed by atoms with E-state index in [9.17, 15) is 0 Å². The summed E-state index contributed by atoms with van der Waals surface area (Å²) in [6, 6.07) is 66.8. The van der Waals surface area contributed by atoms with E-state index in [1.54, 1.807) is 0 Å². The minimum Gasteiger partial charge on any atom is -0.456 e. The molecule has 0 saturated heterocycles. The van der Waals surface area contributed by atoms with E-state index in [-0.39, 0.29) is 0 Å². The summed E-state index contributed by atoms with van der Waals surface area (Å²) in [4.78, 5) is 2.33. The van der Waals surface area contributed by atoms with Gasteiger partial charge < -0.3 is 9.32 Å². The normalized spacial score (nSPS) is 11.3. The zero-order chi connectivity index (χ0) is 31.9. The third kappa shape index (κ3) is 5.01. The van der Waals surface area contributed by atoms with Crippen LogP contribution in [0.5, 0.6) is 0 Å². The molecule has 0 bridgehead atoms. The Balaban J connectivity index is 1.26. The quantitative estimate of drug-likeness (QED) is 0.185. The Labute approximate surface area is 279 Å². The molecule has 0 atom stereocenters. The average Bonchev–Trinajstić information content (AvgIpc) is 3.52. The predicted octanol–water partition coefficient (Wildman–Crippen LogP) is 13.2. The van der Waals surface area contributed by atoms with Crippen LogP contribution in [0.2, 0.25) is 0 Å². The Kier molecular flexibility index (Phi) is 6.84. The fourth-order valence-electron chi connectivity index (χ4n) is 6.87. The van der Waals surface area contributed by atoms with Crippen LogP contribution < -0.4 is 4.90 Å². The summed E-state index contributed by atoms with van der Waals surface area (Å²) in [5, 5.41) is 4.63. The lowest BCUT2D eigenvalue weighted by molar-refractivity contribution is 0.669. The maximum Gasteiger partial charge on any atom is 0.138 e. The molecule has 0 unspecified atom stereocenters. The highest BCUT2D eigenvalue weighted by molar-refractivity contribution is 6.16. The molecule has 0 radical (unpaired) electrons. The second-order valence-electron chi connectivity index (χ2n) is 12.2. The van der Waals surface area contributed by atoms with E-state index in [1.807, 2.05) is 0 Å². The van der Waals surface area contributed by atoms with Gasteiger partial charge in [0.2, 0.25) is 0 Å². The predicted molar refractivity (Wildman–Crippen MR) is 202 cm³/mol. The lowest BCUT2D eigenvalue weighted by Gasteiger charge is -2.26. The van der Waals surface area contributed by atoms with Crippen molar-refractivity contribution in [3.63, 3.8) is 0 Å². The summed E-state index contributed by atoms with van der Waals surface area (Å²) in [7, 11) is 0. The summed E-state index contributed by atoms with van der Waals surface area (Å²) >= 11 is 0. The topological polar surface area (TPSA) is 16.4 Å². The Morgan fingerprint density at radius 3 is 1.33 bits per heavy atom. The molecule has 1 aromatic heterocycles. The number of hydrogen-bond acceptors (Lipinski definition) is 2. The number of fused-ring (bicyclic) bond motifs is 4. The lowest BCUT2D eigenvalue weighted by atomic mass is 9.97. The Morgan fingerprint density at radius 1 is 0.333 bits per heavy atom. The molecule has 8 aromatic carbocycles. The number of anilines is 3. The first-order valence-electron chi connectivity index (χ1n) is 16.3. The molecule has 0 N–H and O–H groups in total. The van der Waals surface area contributed by atoms with Gasteiger partial charge in [0.25, 0.3) is 0 Å². The standard InChI is InChI=1S/C46H31NO/c1-4-12-32(13-5-1)34-20-24-39(25-21-34)47(40-26-22-35(23-27-40)33-14-6-2-7-15-33)41-30-42(36-16-8-3-9-17-36)46-43-28-37-18-10-11-19-38(37)29-44(43)48-45(46)31-41/h1-31H. The van der Waals surface area contributed by atoms with E-state index in [2.05, 4.69) is 193 Å². The second kappa shape index (κ2) is 11.8. The highest BCUT2D eigenvalue weighted by Gasteiger charge is 2.20. The van der Waals surface area contributed by atoms with Crippen molar-refractivity contribution in [1.82, 2.24) is 0 Å². The van der Waals surface area contributed by atoms with Gasteiger partial charge in [-0.25, -0.2) is 0 Å². The maximum atomic E-state index is 6.71. The van der Waals surface area contributed by atoms with Gasteiger partial charge in [0.05, 0.1) is 5.69 Å². The zero-order valence-electron chi connectivity index (χ0n) is 26.3. The molecule has 0 spiro atoms. The van der Waals surface area contributed by atoms with Gasteiger partial charge >= 0.3 is 0 Å². The van der Waals surface area contributed by atoms with Gasteiger partial charge in [-0.3, -0.25) is 0 Å². The van der Waals surface area contributed by atoms with Gasteiger partial charge in [0.1, 0.15) is 11.2 Å².